The number of amides is 1. The molecular formula is C21H21ClN4O4. The largest absolute Gasteiger partial charge is 0.507 e. The van der Waals surface area contributed by atoms with E-state index in [-0.39, 0.29) is 28.1 Å². The number of phenolic OH excluding ortho intramolecular Hbond substituents is 1. The Kier molecular flexibility index (Phi) is 6.27. The Balaban J connectivity index is 1.91. The molecule has 0 fully saturated rings. The molecule has 3 aromatic rings. The molecule has 1 aromatic heterocycles. The van der Waals surface area contributed by atoms with Crippen molar-refractivity contribution in [1.29, 1.82) is 0 Å². The van der Waals surface area contributed by atoms with Gasteiger partial charge in [0.2, 0.25) is 5.95 Å². The number of aromatic hydroxyl groups is 1. The maximum atomic E-state index is 12.8. The third-order valence-corrected chi connectivity index (χ3v) is 4.67. The number of anilines is 3. The lowest BCUT2D eigenvalue weighted by atomic mass is 10.2. The van der Waals surface area contributed by atoms with Crippen molar-refractivity contribution in [3.63, 3.8) is 0 Å². The molecule has 0 aliphatic rings. The zero-order valence-corrected chi connectivity index (χ0v) is 17.7. The molecule has 2 N–H and O–H groups in total. The van der Waals surface area contributed by atoms with Crippen LogP contribution in [0.4, 0.5) is 17.5 Å². The Bertz CT molecular complexity index is 1090. The fourth-order valence-corrected chi connectivity index (χ4v) is 3.16. The smallest absolute Gasteiger partial charge is 0.262 e. The van der Waals surface area contributed by atoms with E-state index in [9.17, 15) is 9.90 Å². The summed E-state index contributed by atoms with van der Waals surface area (Å²) < 4.78 is 10.7. The van der Waals surface area contributed by atoms with E-state index < -0.39 is 5.91 Å². The second-order valence-corrected chi connectivity index (χ2v) is 6.81. The van der Waals surface area contributed by atoms with Crippen LogP contribution in [0.25, 0.3) is 0 Å². The standard InChI is InChI=1S/C21H21ClN4O4/c1-12-9-13(10-17(29-3)18(12)30-4)24-21-23-11-15(22)19(25-21)26(2)20(28)14-7-5-6-8-16(14)27/h5-11,27H,1-4H3,(H,23,24,25). The SMILES string of the molecule is COc1cc(Nc2ncc(Cl)c(N(C)C(=O)c3ccccc3O)n2)cc(C)c1OC. The van der Waals surface area contributed by atoms with E-state index in [0.717, 1.165) is 5.56 Å². The summed E-state index contributed by atoms with van der Waals surface area (Å²) >= 11 is 6.23. The Morgan fingerprint density at radius 3 is 2.60 bits per heavy atom. The highest BCUT2D eigenvalue weighted by molar-refractivity contribution is 6.33. The van der Waals surface area contributed by atoms with Crippen molar-refractivity contribution in [2.45, 2.75) is 6.92 Å². The fourth-order valence-electron chi connectivity index (χ4n) is 2.94. The van der Waals surface area contributed by atoms with Crippen LogP contribution in [0.2, 0.25) is 5.02 Å². The first kappa shape index (κ1) is 21.2. The average Bonchev–Trinajstić information content (AvgIpc) is 2.74. The van der Waals surface area contributed by atoms with Gasteiger partial charge in [0.05, 0.1) is 26.0 Å². The van der Waals surface area contributed by atoms with Crippen LogP contribution in [0.15, 0.2) is 42.6 Å². The molecule has 30 heavy (non-hydrogen) atoms. The highest BCUT2D eigenvalue weighted by atomic mass is 35.5. The number of carbonyl (C=O) groups excluding carboxylic acids is 1. The van der Waals surface area contributed by atoms with Crippen molar-refractivity contribution in [2.24, 2.45) is 0 Å². The normalized spacial score (nSPS) is 10.4. The first-order chi connectivity index (χ1) is 14.3. The molecule has 0 aliphatic heterocycles. The van der Waals surface area contributed by atoms with Crippen molar-refractivity contribution in [1.82, 2.24) is 9.97 Å². The summed E-state index contributed by atoms with van der Waals surface area (Å²) in [5.41, 5.74) is 1.67. The van der Waals surface area contributed by atoms with Crippen LogP contribution in [0.1, 0.15) is 15.9 Å². The van der Waals surface area contributed by atoms with Crippen LogP contribution in [-0.4, -0.2) is 42.2 Å². The molecular weight excluding hydrogens is 408 g/mol. The lowest BCUT2D eigenvalue weighted by molar-refractivity contribution is 0.0989. The summed E-state index contributed by atoms with van der Waals surface area (Å²) in [7, 11) is 4.65. The predicted octanol–water partition coefficient (Wildman–Crippen LogP) is 4.18. The number of ether oxygens (including phenoxy) is 2. The molecule has 2 aromatic carbocycles. The minimum absolute atomic E-state index is 0.126. The number of nitrogens with one attached hydrogen (secondary N) is 1. The molecule has 0 saturated heterocycles. The van der Waals surface area contributed by atoms with Crippen LogP contribution in [-0.2, 0) is 0 Å². The first-order valence-electron chi connectivity index (χ1n) is 8.94. The number of phenols is 1. The highest BCUT2D eigenvalue weighted by Gasteiger charge is 2.21. The third-order valence-electron chi connectivity index (χ3n) is 4.40. The quantitative estimate of drug-likeness (QED) is 0.607. The average molecular weight is 429 g/mol. The number of methoxy groups -OCH3 is 2. The molecule has 3 rings (SSSR count). The fraction of sp³-hybridized carbons (Fsp3) is 0.190. The molecule has 0 saturated carbocycles. The summed E-state index contributed by atoms with van der Waals surface area (Å²) in [4.78, 5) is 22.6. The predicted molar refractivity (Wildman–Crippen MR) is 115 cm³/mol. The van der Waals surface area contributed by atoms with Gasteiger partial charge < -0.3 is 19.9 Å². The van der Waals surface area contributed by atoms with E-state index in [1.165, 1.54) is 30.3 Å². The number of aromatic nitrogens is 2. The van der Waals surface area contributed by atoms with Crippen molar-refractivity contribution in [3.05, 3.63) is 58.7 Å². The number of aryl methyl sites for hydroxylation is 1. The maximum absolute atomic E-state index is 12.8. The molecule has 1 heterocycles. The van der Waals surface area contributed by atoms with Gasteiger partial charge in [-0.1, -0.05) is 23.7 Å². The number of halogens is 1. The molecule has 8 nitrogen and oxygen atoms in total. The minimum atomic E-state index is -0.457. The lowest BCUT2D eigenvalue weighted by Gasteiger charge is -2.19. The highest BCUT2D eigenvalue weighted by Crippen LogP contribution is 2.35. The Morgan fingerprint density at radius 1 is 1.20 bits per heavy atom. The van der Waals surface area contributed by atoms with Crippen molar-refractivity contribution in [3.8, 4) is 17.2 Å². The van der Waals surface area contributed by atoms with Gasteiger partial charge in [0, 0.05) is 18.8 Å². The van der Waals surface area contributed by atoms with Crippen LogP contribution >= 0.6 is 11.6 Å². The topological polar surface area (TPSA) is 96.8 Å². The van der Waals surface area contributed by atoms with Crippen molar-refractivity contribution < 1.29 is 19.4 Å². The van der Waals surface area contributed by atoms with Gasteiger partial charge in [-0.05, 0) is 30.7 Å². The number of para-hydroxylation sites is 1. The molecule has 0 atom stereocenters. The molecule has 0 spiro atoms. The lowest BCUT2D eigenvalue weighted by Crippen LogP contribution is -2.27. The van der Waals surface area contributed by atoms with E-state index in [1.54, 1.807) is 32.4 Å². The number of nitrogens with zero attached hydrogens (tertiary/aromatic N) is 3. The van der Waals surface area contributed by atoms with Gasteiger partial charge in [0.25, 0.3) is 5.91 Å². The first-order valence-corrected chi connectivity index (χ1v) is 9.31. The number of rotatable bonds is 6. The van der Waals surface area contributed by atoms with E-state index in [4.69, 9.17) is 21.1 Å². The Morgan fingerprint density at radius 2 is 1.93 bits per heavy atom. The molecule has 0 unspecified atom stereocenters. The van der Waals surface area contributed by atoms with E-state index in [2.05, 4.69) is 15.3 Å². The van der Waals surface area contributed by atoms with Crippen molar-refractivity contribution >= 4 is 35.0 Å². The van der Waals surface area contributed by atoms with Gasteiger partial charge in [-0.3, -0.25) is 9.69 Å². The monoisotopic (exact) mass is 428 g/mol. The third kappa shape index (κ3) is 4.23. The summed E-state index contributed by atoms with van der Waals surface area (Å²) in [5, 5.41) is 13.2. The van der Waals surface area contributed by atoms with E-state index in [1.807, 2.05) is 13.0 Å². The van der Waals surface area contributed by atoms with Crippen LogP contribution in [0.3, 0.4) is 0 Å². The number of carbonyl (C=O) groups is 1. The molecule has 156 valence electrons. The van der Waals surface area contributed by atoms with Crippen LogP contribution in [0, 0.1) is 6.92 Å². The van der Waals surface area contributed by atoms with Gasteiger partial charge in [0.15, 0.2) is 17.3 Å². The van der Waals surface area contributed by atoms with Crippen LogP contribution in [0.5, 0.6) is 17.2 Å². The molecule has 0 bridgehead atoms. The summed E-state index contributed by atoms with van der Waals surface area (Å²) in [6.45, 7) is 1.89. The minimum Gasteiger partial charge on any atom is -0.507 e. The van der Waals surface area contributed by atoms with E-state index >= 15 is 0 Å². The summed E-state index contributed by atoms with van der Waals surface area (Å²) in [6.07, 6.45) is 1.40. The summed E-state index contributed by atoms with van der Waals surface area (Å²) in [5.74, 6) is 1.03. The van der Waals surface area contributed by atoms with Gasteiger partial charge in [-0.25, -0.2) is 4.98 Å². The van der Waals surface area contributed by atoms with Gasteiger partial charge in [-0.2, -0.15) is 4.98 Å². The van der Waals surface area contributed by atoms with E-state index in [0.29, 0.717) is 17.2 Å². The molecule has 0 radical (unpaired) electrons. The zero-order chi connectivity index (χ0) is 21.8. The van der Waals surface area contributed by atoms with Crippen LogP contribution < -0.4 is 19.7 Å². The van der Waals surface area contributed by atoms with Crippen molar-refractivity contribution in [2.75, 3.05) is 31.5 Å². The Labute approximate surface area is 179 Å². The molecule has 9 heteroatoms. The van der Waals surface area contributed by atoms with Gasteiger partial charge >= 0.3 is 0 Å². The maximum Gasteiger partial charge on any atom is 0.262 e. The molecule has 0 aliphatic carbocycles. The summed E-state index contributed by atoms with van der Waals surface area (Å²) in [6, 6.07) is 9.87. The second kappa shape index (κ2) is 8.87. The number of hydrogen-bond acceptors (Lipinski definition) is 7. The Hall–Kier alpha value is -3.52. The second-order valence-electron chi connectivity index (χ2n) is 6.40. The molecule has 1 amide bonds. The van der Waals surface area contributed by atoms with Gasteiger partial charge in [0.1, 0.15) is 10.8 Å². The number of benzene rings is 2. The number of hydrogen-bond donors (Lipinski definition) is 2. The van der Waals surface area contributed by atoms with Gasteiger partial charge in [-0.15, -0.1) is 0 Å². The zero-order valence-electron chi connectivity index (χ0n) is 16.9.